The second-order valence-corrected chi connectivity index (χ2v) is 6.96. The van der Waals surface area contributed by atoms with Crippen LogP contribution in [0.25, 0.3) is 21.6 Å². The summed E-state index contributed by atoms with van der Waals surface area (Å²) in [6.45, 7) is 2.16. The van der Waals surface area contributed by atoms with Gasteiger partial charge in [0.15, 0.2) is 0 Å². The molecule has 1 aromatic heterocycles. The SMILES string of the molecule is Cc1ccsc1-c1ccc(Nc2ccccc2-c2ccccc2)cc1. The normalized spacial score (nSPS) is 10.6. The van der Waals surface area contributed by atoms with Crippen LogP contribution in [0.4, 0.5) is 11.4 Å². The molecule has 0 unspecified atom stereocenters. The lowest BCUT2D eigenvalue weighted by molar-refractivity contribution is 1.51. The molecule has 1 nitrogen and oxygen atoms in total. The molecular formula is C23H19NS. The third-order valence-corrected chi connectivity index (χ3v) is 5.37. The Kier molecular flexibility index (Phi) is 4.36. The van der Waals surface area contributed by atoms with Gasteiger partial charge in [0.25, 0.3) is 0 Å². The molecule has 4 aromatic rings. The molecule has 2 heteroatoms. The average Bonchev–Trinajstić information content (AvgIpc) is 3.10. The minimum Gasteiger partial charge on any atom is -0.355 e. The number of hydrogen-bond acceptors (Lipinski definition) is 2. The van der Waals surface area contributed by atoms with E-state index in [1.54, 1.807) is 11.3 Å². The van der Waals surface area contributed by atoms with Crippen LogP contribution in [0.5, 0.6) is 0 Å². The number of rotatable bonds is 4. The topological polar surface area (TPSA) is 12.0 Å². The maximum atomic E-state index is 3.56. The molecule has 0 fully saturated rings. The second kappa shape index (κ2) is 6.96. The minimum atomic E-state index is 1.10. The van der Waals surface area contributed by atoms with E-state index in [9.17, 15) is 0 Å². The van der Waals surface area contributed by atoms with Gasteiger partial charge in [-0.15, -0.1) is 11.3 Å². The molecule has 0 saturated heterocycles. The molecule has 3 aromatic carbocycles. The van der Waals surface area contributed by atoms with E-state index < -0.39 is 0 Å². The Hall–Kier alpha value is -2.84. The van der Waals surface area contributed by atoms with Crippen molar-refractivity contribution in [2.24, 2.45) is 0 Å². The molecule has 25 heavy (non-hydrogen) atoms. The van der Waals surface area contributed by atoms with Gasteiger partial charge < -0.3 is 5.32 Å². The summed E-state index contributed by atoms with van der Waals surface area (Å²) in [5.74, 6) is 0. The van der Waals surface area contributed by atoms with E-state index in [2.05, 4.69) is 96.5 Å². The predicted molar refractivity (Wildman–Crippen MR) is 110 cm³/mol. The maximum Gasteiger partial charge on any atom is 0.0463 e. The highest BCUT2D eigenvalue weighted by Crippen LogP contribution is 2.32. The summed E-state index contributed by atoms with van der Waals surface area (Å²) in [7, 11) is 0. The molecule has 0 saturated carbocycles. The summed E-state index contributed by atoms with van der Waals surface area (Å²) in [5, 5.41) is 5.71. The van der Waals surface area contributed by atoms with E-state index in [1.807, 2.05) is 6.07 Å². The van der Waals surface area contributed by atoms with Gasteiger partial charge in [-0.1, -0.05) is 60.7 Å². The molecule has 0 atom stereocenters. The number of hydrogen-bond donors (Lipinski definition) is 1. The number of thiophene rings is 1. The Bertz CT molecular complexity index is 968. The molecule has 0 aliphatic rings. The smallest absolute Gasteiger partial charge is 0.0463 e. The number of anilines is 2. The Morgan fingerprint density at radius 2 is 1.40 bits per heavy atom. The fourth-order valence-electron chi connectivity index (χ4n) is 2.99. The first-order valence-corrected chi connectivity index (χ1v) is 9.25. The lowest BCUT2D eigenvalue weighted by Crippen LogP contribution is -1.93. The van der Waals surface area contributed by atoms with Crippen LogP contribution in [0.2, 0.25) is 0 Å². The van der Waals surface area contributed by atoms with Gasteiger partial charge in [-0.2, -0.15) is 0 Å². The van der Waals surface area contributed by atoms with Gasteiger partial charge in [0, 0.05) is 21.8 Å². The van der Waals surface area contributed by atoms with Crippen molar-refractivity contribution in [2.45, 2.75) is 6.92 Å². The molecule has 1 heterocycles. The predicted octanol–water partition coefficient (Wildman–Crippen LogP) is 7.13. The van der Waals surface area contributed by atoms with E-state index in [1.165, 1.54) is 27.1 Å². The molecule has 0 bridgehead atoms. The van der Waals surface area contributed by atoms with Crippen LogP contribution in [-0.4, -0.2) is 0 Å². The molecule has 0 radical (unpaired) electrons. The molecule has 0 spiro atoms. The van der Waals surface area contributed by atoms with Crippen LogP contribution in [0.15, 0.2) is 90.3 Å². The van der Waals surface area contributed by atoms with Crippen molar-refractivity contribution in [3.05, 3.63) is 95.9 Å². The van der Waals surface area contributed by atoms with Crippen LogP contribution >= 0.6 is 11.3 Å². The molecule has 0 aliphatic carbocycles. The van der Waals surface area contributed by atoms with Crippen LogP contribution in [0.3, 0.4) is 0 Å². The van der Waals surface area contributed by atoms with E-state index in [0.29, 0.717) is 0 Å². The Balaban J connectivity index is 1.62. The summed E-state index contributed by atoms with van der Waals surface area (Å²) < 4.78 is 0. The van der Waals surface area contributed by atoms with Gasteiger partial charge in [-0.25, -0.2) is 0 Å². The summed E-state index contributed by atoms with van der Waals surface area (Å²) in [6.07, 6.45) is 0. The highest BCUT2D eigenvalue weighted by Gasteiger charge is 2.06. The number of aryl methyl sites for hydroxylation is 1. The monoisotopic (exact) mass is 341 g/mol. The average molecular weight is 341 g/mol. The number of nitrogens with one attached hydrogen (secondary N) is 1. The molecular weight excluding hydrogens is 322 g/mol. The third-order valence-electron chi connectivity index (χ3n) is 4.30. The first-order chi connectivity index (χ1) is 12.3. The highest BCUT2D eigenvalue weighted by atomic mass is 32.1. The van der Waals surface area contributed by atoms with Gasteiger partial charge in [0.05, 0.1) is 0 Å². The second-order valence-electron chi connectivity index (χ2n) is 6.05. The van der Waals surface area contributed by atoms with Crippen LogP contribution < -0.4 is 5.32 Å². The van der Waals surface area contributed by atoms with Gasteiger partial charge in [0.1, 0.15) is 0 Å². The fraction of sp³-hybridized carbons (Fsp3) is 0.0435. The molecule has 0 aliphatic heterocycles. The number of benzene rings is 3. The van der Waals surface area contributed by atoms with Crippen molar-refractivity contribution in [2.75, 3.05) is 5.32 Å². The Morgan fingerprint density at radius 1 is 0.680 bits per heavy atom. The van der Waals surface area contributed by atoms with Crippen molar-refractivity contribution in [3.63, 3.8) is 0 Å². The van der Waals surface area contributed by atoms with Crippen molar-refractivity contribution in [1.82, 2.24) is 0 Å². The Labute approximate surface area is 152 Å². The van der Waals surface area contributed by atoms with Crippen LogP contribution in [-0.2, 0) is 0 Å². The standard InChI is InChI=1S/C23H19NS/c1-17-15-16-25-23(17)19-11-13-20(14-12-19)24-22-10-6-5-9-21(22)18-7-3-2-4-8-18/h2-16,24H,1H3. The highest BCUT2D eigenvalue weighted by molar-refractivity contribution is 7.13. The van der Waals surface area contributed by atoms with Gasteiger partial charge in [-0.3, -0.25) is 0 Å². The van der Waals surface area contributed by atoms with Crippen molar-refractivity contribution < 1.29 is 0 Å². The van der Waals surface area contributed by atoms with Crippen molar-refractivity contribution in [1.29, 1.82) is 0 Å². The van der Waals surface area contributed by atoms with Gasteiger partial charge >= 0.3 is 0 Å². The molecule has 122 valence electrons. The molecule has 4 rings (SSSR count). The zero-order chi connectivity index (χ0) is 17.1. The van der Waals surface area contributed by atoms with Crippen molar-refractivity contribution >= 4 is 22.7 Å². The van der Waals surface area contributed by atoms with Crippen LogP contribution in [0.1, 0.15) is 5.56 Å². The zero-order valence-electron chi connectivity index (χ0n) is 14.1. The first-order valence-electron chi connectivity index (χ1n) is 8.37. The van der Waals surface area contributed by atoms with Crippen molar-refractivity contribution in [3.8, 4) is 21.6 Å². The summed E-state index contributed by atoms with van der Waals surface area (Å²) in [4.78, 5) is 1.34. The van der Waals surface area contributed by atoms with E-state index >= 15 is 0 Å². The fourth-order valence-corrected chi connectivity index (χ4v) is 3.92. The lowest BCUT2D eigenvalue weighted by Gasteiger charge is -2.13. The van der Waals surface area contributed by atoms with E-state index in [-0.39, 0.29) is 0 Å². The minimum absolute atomic E-state index is 1.10. The third kappa shape index (κ3) is 3.35. The van der Waals surface area contributed by atoms with Gasteiger partial charge in [0.2, 0.25) is 0 Å². The molecule has 1 N–H and O–H groups in total. The largest absolute Gasteiger partial charge is 0.355 e. The summed E-state index contributed by atoms with van der Waals surface area (Å²) in [6, 6.07) is 29.7. The number of para-hydroxylation sites is 1. The Morgan fingerprint density at radius 3 is 2.12 bits per heavy atom. The molecule has 0 amide bonds. The first kappa shape index (κ1) is 15.7. The van der Waals surface area contributed by atoms with Gasteiger partial charge in [-0.05, 0) is 53.3 Å². The lowest BCUT2D eigenvalue weighted by atomic mass is 10.0. The summed E-state index contributed by atoms with van der Waals surface area (Å²) in [5.41, 5.74) is 7.25. The zero-order valence-corrected chi connectivity index (χ0v) is 14.9. The van der Waals surface area contributed by atoms with E-state index in [0.717, 1.165) is 11.4 Å². The van der Waals surface area contributed by atoms with E-state index in [4.69, 9.17) is 0 Å². The maximum absolute atomic E-state index is 3.56. The van der Waals surface area contributed by atoms with Crippen LogP contribution in [0, 0.1) is 6.92 Å². The summed E-state index contributed by atoms with van der Waals surface area (Å²) >= 11 is 1.79. The quantitative estimate of drug-likeness (QED) is 0.416.